The quantitative estimate of drug-likeness (QED) is 0.651. The van der Waals surface area contributed by atoms with Crippen LogP contribution in [0.1, 0.15) is 0 Å². The average Bonchev–Trinajstić information content (AvgIpc) is 2.03. The van der Waals surface area contributed by atoms with E-state index in [1.165, 1.54) is 0 Å². The van der Waals surface area contributed by atoms with Crippen LogP contribution < -0.4 is 0 Å². The van der Waals surface area contributed by atoms with Gasteiger partial charge in [0.05, 0.1) is 13.2 Å². The Bertz CT molecular complexity index is 152. The molecule has 0 amide bonds. The third-order valence-electron chi connectivity index (χ3n) is 1.23. The molecule has 0 unspecified atom stereocenters. The molecule has 1 saturated heterocycles. The Morgan fingerprint density at radius 3 is 1.62 bits per heavy atom. The Hall–Kier alpha value is -0.150. The summed E-state index contributed by atoms with van der Waals surface area (Å²) in [5, 5.41) is 13.9. The minimum atomic E-state index is -3.67. The Morgan fingerprint density at radius 2 is 1.50 bits per heavy atom. The van der Waals surface area contributed by atoms with E-state index >= 15 is 0 Å². The first-order valence-electron chi connectivity index (χ1n) is 3.96. The van der Waals surface area contributed by atoms with Crippen molar-refractivity contribution in [2.45, 2.75) is 6.68 Å². The molecule has 5 nitrogen and oxygen atoms in total. The summed E-state index contributed by atoms with van der Waals surface area (Å²) in [5.74, 6) is 0. The van der Waals surface area contributed by atoms with Crippen molar-refractivity contribution in [3.05, 3.63) is 0 Å². The molecule has 0 radical (unpaired) electrons. The number of nitrogens with zero attached hydrogens (tertiary/aromatic N) is 1. The second-order valence-corrected chi connectivity index (χ2v) is 2.45. The first-order chi connectivity index (χ1) is 6.86. The summed E-state index contributed by atoms with van der Waals surface area (Å²) < 4.78 is 34.1. The van der Waals surface area contributed by atoms with E-state index in [1.54, 1.807) is 0 Å². The zero-order valence-corrected chi connectivity index (χ0v) is 8.20. The molecule has 0 aromatic carbocycles. The molecule has 0 saturated carbocycles. The number of carbonyl (C=O) groups is 1. The molecule has 0 spiro atoms. The van der Waals surface area contributed by atoms with Gasteiger partial charge in [-0.25, -0.2) is 4.79 Å². The Kier molecular flexibility index (Phi) is 19.6. The van der Waals surface area contributed by atoms with Gasteiger partial charge in [0, 0.05) is 13.1 Å². The predicted molar refractivity (Wildman–Crippen MR) is 56.0 cm³/mol. The molecule has 16 heavy (non-hydrogen) atoms. The van der Waals surface area contributed by atoms with Gasteiger partial charge in [-0.2, -0.15) is 13.2 Å². The van der Waals surface area contributed by atoms with E-state index in [-0.39, 0.29) is 25.8 Å². The van der Waals surface area contributed by atoms with Crippen molar-refractivity contribution in [3.63, 3.8) is 0 Å². The second kappa shape index (κ2) is 14.9. The number of alkyl halides is 3. The van der Waals surface area contributed by atoms with Crippen LogP contribution >= 0.6 is 0 Å². The molecule has 1 aliphatic heterocycles. The number of rotatable bonds is 0. The van der Waals surface area contributed by atoms with Crippen LogP contribution in [0.3, 0.4) is 0 Å². The van der Waals surface area contributed by atoms with Gasteiger partial charge < -0.3 is 19.8 Å². The average molecular weight is 351 g/mol. The maximum absolute atomic E-state index is 9.67. The van der Waals surface area contributed by atoms with Crippen LogP contribution in [0.2, 0.25) is 0 Å². The van der Waals surface area contributed by atoms with E-state index in [2.05, 4.69) is 11.9 Å². The molecule has 0 aliphatic carbocycles. The van der Waals surface area contributed by atoms with Crippen molar-refractivity contribution in [2.75, 3.05) is 33.4 Å². The summed E-state index contributed by atoms with van der Waals surface area (Å²) in [4.78, 5) is 10.8. The van der Waals surface area contributed by atoms with Crippen LogP contribution in [0.15, 0.2) is 0 Å². The van der Waals surface area contributed by atoms with Crippen molar-refractivity contribution in [3.8, 4) is 0 Å². The fourth-order valence-electron chi connectivity index (χ4n) is 0.655. The first-order valence-corrected chi connectivity index (χ1v) is 3.96. The van der Waals surface area contributed by atoms with Gasteiger partial charge in [0.25, 0.3) is 0 Å². The van der Waals surface area contributed by atoms with Crippen molar-refractivity contribution in [1.82, 2.24) is 4.90 Å². The van der Waals surface area contributed by atoms with Gasteiger partial charge >= 0.3 is 38.7 Å². The zero-order chi connectivity index (χ0) is 12.3. The monoisotopic (exact) mass is 351 g/mol. The van der Waals surface area contributed by atoms with Gasteiger partial charge in [-0.3, -0.25) is 0 Å². The van der Waals surface area contributed by atoms with Crippen LogP contribution in [0.4, 0.5) is 18.0 Å². The van der Waals surface area contributed by atoms with Gasteiger partial charge in [0.15, 0.2) is 0 Å². The molecule has 0 aromatic rings. The number of hydrogen-bond acceptors (Lipinski definition) is 3. The molecular weight excluding hydrogens is 334 g/mol. The normalized spacial score (nSPS) is 14.8. The van der Waals surface area contributed by atoms with Crippen molar-refractivity contribution in [2.24, 2.45) is 0 Å². The van der Waals surface area contributed by atoms with Gasteiger partial charge in [-0.15, -0.1) is 0 Å². The Balaban J connectivity index is -0.000000166. The molecular formula is C7H17F3InNO4. The second-order valence-electron chi connectivity index (χ2n) is 2.45. The summed E-state index contributed by atoms with van der Waals surface area (Å²) in [7, 11) is 2.11. The third kappa shape index (κ3) is 37.1. The van der Waals surface area contributed by atoms with Crippen LogP contribution in [0.25, 0.3) is 0 Å². The number of likely N-dealkylation sites (N-methyl/N-ethyl adjacent to an activating group) is 1. The molecule has 1 rings (SSSR count). The van der Waals surface area contributed by atoms with E-state index < -0.39 is 12.8 Å². The van der Waals surface area contributed by atoms with Crippen molar-refractivity contribution < 1.29 is 32.9 Å². The van der Waals surface area contributed by atoms with Crippen molar-refractivity contribution in [1.29, 1.82) is 0 Å². The molecule has 1 fully saturated rings. The summed E-state index contributed by atoms with van der Waals surface area (Å²) >= 11 is 0. The van der Waals surface area contributed by atoms with Crippen LogP contribution in [-0.2, 0) is 4.74 Å². The number of halogens is 3. The van der Waals surface area contributed by atoms with Gasteiger partial charge in [0.2, 0.25) is 0 Å². The van der Waals surface area contributed by atoms with E-state index in [4.69, 9.17) is 19.7 Å². The number of morpholine rings is 1. The van der Waals surface area contributed by atoms with E-state index in [9.17, 15) is 13.2 Å². The summed E-state index contributed by atoms with van der Waals surface area (Å²) in [5.41, 5.74) is 0. The van der Waals surface area contributed by atoms with E-state index in [1.807, 2.05) is 0 Å². The zero-order valence-electron chi connectivity index (χ0n) is 8.20. The number of ether oxygens (including phenoxy) is 1. The molecule has 2 N–H and O–H groups in total. The molecule has 0 aromatic heterocycles. The third-order valence-corrected chi connectivity index (χ3v) is 1.23. The van der Waals surface area contributed by atoms with Gasteiger partial charge in [-0.1, -0.05) is 0 Å². The maximum atomic E-state index is 9.67. The molecule has 1 aliphatic rings. The Morgan fingerprint density at radius 1 is 1.25 bits per heavy atom. The fraction of sp³-hybridized carbons (Fsp3) is 0.857. The first kappa shape index (κ1) is 21.2. The number of carboxylic acid groups (broad SMARTS) is 2. The molecule has 0 atom stereocenters. The topological polar surface area (TPSA) is 70.0 Å². The Labute approximate surface area is 110 Å². The fourth-order valence-corrected chi connectivity index (χ4v) is 0.655. The van der Waals surface area contributed by atoms with Gasteiger partial charge in [-0.05, 0) is 7.05 Å². The standard InChI is InChI=1S/C5H11NO.CHF3.CH2O3.In.3H/c1-6-2-4-7-5-3-6;2*2-1(3)4;;;;/h2-5H2,1H3;1H;(H2,2,3,4);;;;. The van der Waals surface area contributed by atoms with Crippen LogP contribution in [-0.4, -0.2) is 87.1 Å². The molecule has 0 bridgehead atoms. The number of hydrogen-bond donors (Lipinski definition) is 2. The van der Waals surface area contributed by atoms with Crippen molar-refractivity contribution >= 4 is 32.0 Å². The van der Waals surface area contributed by atoms with E-state index in [0.717, 1.165) is 26.3 Å². The summed E-state index contributed by atoms with van der Waals surface area (Å²) in [6, 6.07) is 0. The van der Waals surface area contributed by atoms with Crippen LogP contribution in [0.5, 0.6) is 0 Å². The summed E-state index contributed by atoms with van der Waals surface area (Å²) in [6.07, 6.45) is -1.83. The van der Waals surface area contributed by atoms with Gasteiger partial charge in [0.1, 0.15) is 0 Å². The molecule has 98 valence electrons. The van der Waals surface area contributed by atoms with Crippen LogP contribution in [0, 0.1) is 0 Å². The molecule has 1 heterocycles. The minimum absolute atomic E-state index is 0. The summed E-state index contributed by atoms with van der Waals surface area (Å²) in [6.45, 7) is 0.354. The SMILES string of the molecule is CN1CCOCC1.FC(F)F.O=C(O)O.[InH3]. The predicted octanol–water partition coefficient (Wildman–Crippen LogP) is 0.165. The molecule has 9 heteroatoms. The van der Waals surface area contributed by atoms with E-state index in [0.29, 0.717) is 0 Å².